The van der Waals surface area contributed by atoms with Crippen molar-refractivity contribution in [1.82, 2.24) is 16.0 Å². The minimum absolute atomic E-state index is 0.0168. The Kier molecular flexibility index (Phi) is 7.41. The highest BCUT2D eigenvalue weighted by molar-refractivity contribution is 5.85. The van der Waals surface area contributed by atoms with Crippen LogP contribution in [0.1, 0.15) is 63.1 Å². The van der Waals surface area contributed by atoms with Gasteiger partial charge in [-0.25, -0.2) is 0 Å². The lowest BCUT2D eigenvalue weighted by Gasteiger charge is -2.30. The molecule has 1 amide bonds. The van der Waals surface area contributed by atoms with Crippen molar-refractivity contribution in [3.05, 3.63) is 59.7 Å². The summed E-state index contributed by atoms with van der Waals surface area (Å²) in [5.41, 5.74) is 0.931. The SMILES string of the molecule is CNC1(NC(=O)[C@H](CC(C)C)NC(c2ccc(-c3ccc(C4(C(=O)O)CC4)cc3)cc2)C(F)(F)F)CC1. The molecule has 4 N–H and O–H groups in total. The number of benzene rings is 2. The molecule has 200 valence electrons. The summed E-state index contributed by atoms with van der Waals surface area (Å²) < 4.78 is 42.5. The summed E-state index contributed by atoms with van der Waals surface area (Å²) in [5, 5.41) is 18.0. The van der Waals surface area contributed by atoms with Crippen molar-refractivity contribution in [3.8, 4) is 11.1 Å². The zero-order chi connectivity index (χ0) is 27.0. The number of nitrogens with one attached hydrogen (secondary N) is 3. The summed E-state index contributed by atoms with van der Waals surface area (Å²) in [5.74, 6) is -1.26. The van der Waals surface area contributed by atoms with E-state index in [4.69, 9.17) is 0 Å². The first-order chi connectivity index (χ1) is 17.4. The van der Waals surface area contributed by atoms with Gasteiger partial charge in [-0.1, -0.05) is 62.4 Å². The first-order valence-electron chi connectivity index (χ1n) is 12.7. The van der Waals surface area contributed by atoms with Gasteiger partial charge in [0.1, 0.15) is 6.04 Å². The van der Waals surface area contributed by atoms with E-state index >= 15 is 0 Å². The van der Waals surface area contributed by atoms with Crippen LogP contribution in [0.3, 0.4) is 0 Å². The standard InChI is InChI=1S/C28H34F3N3O3/c1-17(2)16-22(24(35)34-27(32-3)14-15-27)33-23(28(29,30)31)20-6-4-18(5-7-20)19-8-10-21(11-9-19)26(12-13-26)25(36)37/h4-11,17,22-23,32-33H,12-16H2,1-3H3,(H,34,35)(H,36,37)/t22-,23?/m0/s1. The third kappa shape index (κ3) is 5.99. The number of carboxylic acids is 1. The van der Waals surface area contributed by atoms with Crippen molar-refractivity contribution in [2.24, 2.45) is 5.92 Å². The highest BCUT2D eigenvalue weighted by atomic mass is 19.4. The predicted molar refractivity (Wildman–Crippen MR) is 135 cm³/mol. The molecule has 0 spiro atoms. The van der Waals surface area contributed by atoms with Crippen LogP contribution in [-0.2, 0) is 15.0 Å². The summed E-state index contributed by atoms with van der Waals surface area (Å²) in [6.45, 7) is 3.74. The van der Waals surface area contributed by atoms with E-state index in [2.05, 4.69) is 16.0 Å². The van der Waals surface area contributed by atoms with Gasteiger partial charge in [0.25, 0.3) is 0 Å². The van der Waals surface area contributed by atoms with Gasteiger partial charge in [-0.15, -0.1) is 0 Å². The fourth-order valence-electron chi connectivity index (χ4n) is 4.79. The molecule has 1 unspecified atom stereocenters. The van der Waals surface area contributed by atoms with Gasteiger partial charge in [-0.3, -0.25) is 20.2 Å². The lowest BCUT2D eigenvalue weighted by Crippen LogP contribution is -2.55. The predicted octanol–water partition coefficient (Wildman–Crippen LogP) is 4.90. The van der Waals surface area contributed by atoms with E-state index < -0.39 is 41.2 Å². The van der Waals surface area contributed by atoms with E-state index in [1.165, 1.54) is 12.1 Å². The number of hydrogen-bond donors (Lipinski definition) is 4. The molecule has 2 saturated carbocycles. The lowest BCUT2D eigenvalue weighted by atomic mass is 9.93. The van der Waals surface area contributed by atoms with Crippen LogP contribution in [0, 0.1) is 5.92 Å². The van der Waals surface area contributed by atoms with Gasteiger partial charge in [0.2, 0.25) is 5.91 Å². The highest BCUT2D eigenvalue weighted by Crippen LogP contribution is 2.48. The first-order valence-corrected chi connectivity index (χ1v) is 12.7. The largest absolute Gasteiger partial charge is 0.481 e. The Hall–Kier alpha value is -2.91. The minimum atomic E-state index is -4.60. The fourth-order valence-corrected chi connectivity index (χ4v) is 4.79. The molecule has 0 bridgehead atoms. The Morgan fingerprint density at radius 2 is 1.49 bits per heavy atom. The zero-order valence-electron chi connectivity index (χ0n) is 21.3. The second-order valence-electron chi connectivity index (χ2n) is 10.7. The van der Waals surface area contributed by atoms with Gasteiger partial charge >= 0.3 is 12.1 Å². The number of carboxylic acid groups (broad SMARTS) is 1. The van der Waals surface area contributed by atoms with Crippen molar-refractivity contribution in [2.75, 3.05) is 7.05 Å². The van der Waals surface area contributed by atoms with E-state index in [1.807, 2.05) is 13.8 Å². The van der Waals surface area contributed by atoms with Gasteiger partial charge in [0.05, 0.1) is 17.1 Å². The van der Waals surface area contributed by atoms with E-state index in [1.54, 1.807) is 43.4 Å². The Balaban J connectivity index is 1.52. The zero-order valence-corrected chi connectivity index (χ0v) is 21.3. The van der Waals surface area contributed by atoms with E-state index in [0.717, 1.165) is 29.5 Å². The summed E-state index contributed by atoms with van der Waals surface area (Å²) in [6, 6.07) is 10.2. The van der Waals surface area contributed by atoms with Crippen molar-refractivity contribution in [1.29, 1.82) is 0 Å². The topological polar surface area (TPSA) is 90.5 Å². The van der Waals surface area contributed by atoms with Gasteiger partial charge in [-0.2, -0.15) is 13.2 Å². The summed E-state index contributed by atoms with van der Waals surface area (Å²) in [6.07, 6.45) is -1.64. The molecule has 9 heteroatoms. The summed E-state index contributed by atoms with van der Waals surface area (Å²) >= 11 is 0. The van der Waals surface area contributed by atoms with Crippen LogP contribution in [-0.4, -0.2) is 41.9 Å². The molecule has 37 heavy (non-hydrogen) atoms. The average molecular weight is 518 g/mol. The molecule has 6 nitrogen and oxygen atoms in total. The number of alkyl halides is 3. The molecule has 2 aliphatic rings. The van der Waals surface area contributed by atoms with Crippen molar-refractivity contribution < 1.29 is 27.9 Å². The number of amides is 1. The Morgan fingerprint density at radius 3 is 1.89 bits per heavy atom. The Bertz CT molecular complexity index is 1120. The van der Waals surface area contributed by atoms with Crippen molar-refractivity contribution in [2.45, 2.75) is 75.3 Å². The minimum Gasteiger partial charge on any atom is -0.481 e. The molecule has 0 heterocycles. The number of halogens is 3. The van der Waals surface area contributed by atoms with Gasteiger partial charge in [0, 0.05) is 0 Å². The highest BCUT2D eigenvalue weighted by Gasteiger charge is 2.51. The molecule has 0 aliphatic heterocycles. The average Bonchev–Trinajstić information content (AvgIpc) is 3.77. The van der Waals surface area contributed by atoms with Crippen LogP contribution in [0.2, 0.25) is 0 Å². The third-order valence-electron chi connectivity index (χ3n) is 7.48. The number of aliphatic carboxylic acids is 1. The molecule has 0 saturated heterocycles. The smallest absolute Gasteiger partial charge is 0.407 e. The molecular weight excluding hydrogens is 483 g/mol. The number of rotatable bonds is 11. The van der Waals surface area contributed by atoms with Gasteiger partial charge in [0.15, 0.2) is 0 Å². The summed E-state index contributed by atoms with van der Waals surface area (Å²) in [4.78, 5) is 24.5. The number of carbonyl (C=O) groups is 2. The van der Waals surface area contributed by atoms with Crippen LogP contribution in [0.25, 0.3) is 11.1 Å². The van der Waals surface area contributed by atoms with Crippen molar-refractivity contribution in [3.63, 3.8) is 0 Å². The van der Waals surface area contributed by atoms with E-state index in [-0.39, 0.29) is 17.9 Å². The monoisotopic (exact) mass is 517 g/mol. The van der Waals surface area contributed by atoms with E-state index in [9.17, 15) is 27.9 Å². The second kappa shape index (κ2) is 10.1. The maximum absolute atomic E-state index is 14.2. The molecule has 2 fully saturated rings. The van der Waals surface area contributed by atoms with Crippen LogP contribution >= 0.6 is 0 Å². The normalized spacial score (nSPS) is 19.2. The maximum Gasteiger partial charge on any atom is 0.407 e. The van der Waals surface area contributed by atoms with Crippen LogP contribution in [0.15, 0.2) is 48.5 Å². The van der Waals surface area contributed by atoms with Crippen LogP contribution in [0.5, 0.6) is 0 Å². The van der Waals surface area contributed by atoms with Crippen LogP contribution in [0.4, 0.5) is 13.2 Å². The molecule has 2 atom stereocenters. The first kappa shape index (κ1) is 27.1. The third-order valence-corrected chi connectivity index (χ3v) is 7.48. The lowest BCUT2D eigenvalue weighted by molar-refractivity contribution is -0.161. The van der Waals surface area contributed by atoms with Crippen LogP contribution < -0.4 is 16.0 Å². The quantitative estimate of drug-likeness (QED) is 0.318. The summed E-state index contributed by atoms with van der Waals surface area (Å²) in [7, 11) is 1.72. The fraction of sp³-hybridized carbons (Fsp3) is 0.500. The molecule has 0 aromatic heterocycles. The second-order valence-corrected chi connectivity index (χ2v) is 10.7. The van der Waals surface area contributed by atoms with Gasteiger partial charge < -0.3 is 10.4 Å². The Morgan fingerprint density at radius 1 is 0.946 bits per heavy atom. The number of hydrogen-bond acceptors (Lipinski definition) is 4. The van der Waals surface area contributed by atoms with Crippen molar-refractivity contribution >= 4 is 11.9 Å². The molecule has 4 rings (SSSR count). The molecule has 2 aromatic carbocycles. The van der Waals surface area contributed by atoms with Gasteiger partial charge in [-0.05, 0) is 67.3 Å². The molecular formula is C28H34F3N3O3. The Labute approximate surface area is 215 Å². The molecule has 0 radical (unpaired) electrons. The van der Waals surface area contributed by atoms with E-state index in [0.29, 0.717) is 12.8 Å². The molecule has 2 aliphatic carbocycles. The number of carbonyl (C=O) groups excluding carboxylic acids is 1. The maximum atomic E-state index is 14.2. The molecule has 2 aromatic rings.